The molecule has 8 nitrogen and oxygen atoms in total. The minimum absolute atomic E-state index is 0.0591. The van der Waals surface area contributed by atoms with E-state index in [1.807, 2.05) is 44.2 Å². The Kier molecular flexibility index (Phi) is 4.78. The first-order chi connectivity index (χ1) is 12.0. The number of benzene rings is 1. The molecule has 0 atom stereocenters. The lowest BCUT2D eigenvalue weighted by molar-refractivity contribution is -0.129. The predicted molar refractivity (Wildman–Crippen MR) is 92.4 cm³/mol. The normalized spacial score (nSPS) is 10.8. The van der Waals surface area contributed by atoms with Gasteiger partial charge in [-0.15, -0.1) is 0 Å². The summed E-state index contributed by atoms with van der Waals surface area (Å²) in [6.07, 6.45) is 0.688. The topological polar surface area (TPSA) is 105 Å². The third-order valence-corrected chi connectivity index (χ3v) is 3.77. The minimum atomic E-state index is -0.330. The number of aromatic nitrogens is 4. The molecule has 0 saturated heterocycles. The number of nitrogens with one attached hydrogen (secondary N) is 3. The Morgan fingerprint density at radius 1 is 1.16 bits per heavy atom. The number of aromatic amines is 1. The first-order valence-electron chi connectivity index (χ1n) is 8.03. The van der Waals surface area contributed by atoms with Crippen molar-refractivity contribution in [2.75, 3.05) is 0 Å². The van der Waals surface area contributed by atoms with Crippen molar-refractivity contribution in [3.05, 3.63) is 47.5 Å². The zero-order valence-corrected chi connectivity index (χ0v) is 14.2. The fourth-order valence-electron chi connectivity index (χ4n) is 2.57. The van der Waals surface area contributed by atoms with Gasteiger partial charge < -0.3 is 4.98 Å². The number of para-hydroxylation sites is 2. The van der Waals surface area contributed by atoms with Crippen LogP contribution in [0.1, 0.15) is 23.6 Å². The molecule has 25 heavy (non-hydrogen) atoms. The van der Waals surface area contributed by atoms with E-state index in [-0.39, 0.29) is 24.8 Å². The highest BCUT2D eigenvalue weighted by molar-refractivity contribution is 5.82. The Morgan fingerprint density at radius 3 is 2.64 bits per heavy atom. The maximum atomic E-state index is 11.9. The molecule has 0 aliphatic heterocycles. The minimum Gasteiger partial charge on any atom is -0.342 e. The smallest absolute Gasteiger partial charge is 0.260 e. The molecule has 0 fully saturated rings. The van der Waals surface area contributed by atoms with Crippen molar-refractivity contribution >= 4 is 22.8 Å². The molecular weight excluding hydrogens is 320 g/mol. The molecule has 3 rings (SSSR count). The molecule has 2 heterocycles. The second kappa shape index (κ2) is 7.16. The van der Waals surface area contributed by atoms with Crippen LogP contribution in [0.25, 0.3) is 11.0 Å². The van der Waals surface area contributed by atoms with Gasteiger partial charge in [0.2, 0.25) is 5.91 Å². The molecular formula is C17H20N6O2. The molecule has 1 aromatic carbocycles. The summed E-state index contributed by atoms with van der Waals surface area (Å²) in [7, 11) is 0. The van der Waals surface area contributed by atoms with Crippen LogP contribution in [-0.4, -0.2) is 31.6 Å². The average molecular weight is 340 g/mol. The maximum absolute atomic E-state index is 11.9. The number of amides is 2. The number of nitrogens with zero attached hydrogens (tertiary/aromatic N) is 3. The molecule has 0 unspecified atom stereocenters. The van der Waals surface area contributed by atoms with E-state index in [0.717, 1.165) is 28.2 Å². The number of carbonyl (C=O) groups excluding carboxylic acids is 2. The fourth-order valence-corrected chi connectivity index (χ4v) is 2.57. The summed E-state index contributed by atoms with van der Waals surface area (Å²) in [5.41, 5.74) is 8.36. The summed E-state index contributed by atoms with van der Waals surface area (Å²) in [5, 5.41) is 4.20. The van der Waals surface area contributed by atoms with Gasteiger partial charge in [-0.3, -0.25) is 25.1 Å². The van der Waals surface area contributed by atoms with Crippen molar-refractivity contribution in [2.45, 2.75) is 33.2 Å². The number of hydrogen-bond acceptors (Lipinski definition) is 4. The van der Waals surface area contributed by atoms with Crippen molar-refractivity contribution in [3.8, 4) is 0 Å². The quantitative estimate of drug-likeness (QED) is 0.606. The van der Waals surface area contributed by atoms with Gasteiger partial charge in [0.15, 0.2) is 0 Å². The maximum Gasteiger partial charge on any atom is 0.260 e. The second-order valence-electron chi connectivity index (χ2n) is 5.88. The number of aryl methyl sites for hydroxylation is 3. The van der Waals surface area contributed by atoms with E-state index in [1.165, 1.54) is 0 Å². The molecule has 0 aliphatic rings. The van der Waals surface area contributed by atoms with Gasteiger partial charge in [0.05, 0.1) is 16.7 Å². The van der Waals surface area contributed by atoms with Crippen LogP contribution in [-0.2, 0) is 22.6 Å². The van der Waals surface area contributed by atoms with Crippen LogP contribution in [0, 0.1) is 13.8 Å². The van der Waals surface area contributed by atoms with Gasteiger partial charge in [-0.05, 0) is 32.0 Å². The highest BCUT2D eigenvalue weighted by atomic mass is 16.2. The van der Waals surface area contributed by atoms with Gasteiger partial charge >= 0.3 is 0 Å². The largest absolute Gasteiger partial charge is 0.342 e. The number of hydrazine groups is 1. The van der Waals surface area contributed by atoms with E-state index in [1.54, 1.807) is 4.68 Å². The lowest BCUT2D eigenvalue weighted by Gasteiger charge is -2.08. The molecule has 2 aromatic heterocycles. The molecule has 0 radical (unpaired) electrons. The molecule has 130 valence electrons. The van der Waals surface area contributed by atoms with Crippen molar-refractivity contribution in [1.82, 2.24) is 30.6 Å². The molecule has 0 bridgehead atoms. The van der Waals surface area contributed by atoms with Crippen LogP contribution in [0.5, 0.6) is 0 Å². The Morgan fingerprint density at radius 2 is 1.92 bits per heavy atom. The van der Waals surface area contributed by atoms with Crippen LogP contribution in [0.15, 0.2) is 30.3 Å². The summed E-state index contributed by atoms with van der Waals surface area (Å²) in [6, 6.07) is 9.58. The standard InChI is InChI=1S/C17H20N6O2/c1-11-9-12(2)23(22-11)10-17(25)21-20-16(24)8-7-15-18-13-5-3-4-6-14(13)19-15/h3-6,9H,7-8,10H2,1-2H3,(H,18,19)(H,20,24)(H,21,25). The zero-order chi connectivity index (χ0) is 17.8. The van der Waals surface area contributed by atoms with Crippen molar-refractivity contribution < 1.29 is 9.59 Å². The van der Waals surface area contributed by atoms with E-state index in [0.29, 0.717) is 6.42 Å². The van der Waals surface area contributed by atoms with Crippen LogP contribution in [0.3, 0.4) is 0 Å². The van der Waals surface area contributed by atoms with E-state index in [2.05, 4.69) is 25.9 Å². The van der Waals surface area contributed by atoms with Gasteiger partial charge in [-0.1, -0.05) is 12.1 Å². The fraction of sp³-hybridized carbons (Fsp3) is 0.294. The van der Waals surface area contributed by atoms with E-state index < -0.39 is 0 Å². The Bertz CT molecular complexity index is 878. The second-order valence-corrected chi connectivity index (χ2v) is 5.88. The van der Waals surface area contributed by atoms with E-state index in [9.17, 15) is 9.59 Å². The monoisotopic (exact) mass is 340 g/mol. The molecule has 3 aromatic rings. The number of H-pyrrole nitrogens is 1. The molecule has 0 saturated carbocycles. The van der Waals surface area contributed by atoms with E-state index in [4.69, 9.17) is 0 Å². The number of rotatable bonds is 5. The van der Waals surface area contributed by atoms with E-state index >= 15 is 0 Å². The Hall–Kier alpha value is -3.16. The molecule has 8 heteroatoms. The number of imidazole rings is 1. The molecule has 3 N–H and O–H groups in total. The summed E-state index contributed by atoms with van der Waals surface area (Å²) < 4.78 is 1.59. The third kappa shape index (κ3) is 4.23. The summed E-state index contributed by atoms with van der Waals surface area (Å²) >= 11 is 0. The number of hydrogen-bond donors (Lipinski definition) is 3. The van der Waals surface area contributed by atoms with Gasteiger partial charge in [0.1, 0.15) is 12.4 Å². The predicted octanol–water partition coefficient (Wildman–Crippen LogP) is 1.16. The molecule has 0 spiro atoms. The number of carbonyl (C=O) groups is 2. The molecule has 0 aliphatic carbocycles. The van der Waals surface area contributed by atoms with Gasteiger partial charge in [0.25, 0.3) is 5.91 Å². The number of fused-ring (bicyclic) bond motifs is 1. The SMILES string of the molecule is Cc1cc(C)n(CC(=O)NNC(=O)CCc2nc3ccccc3[nH]2)n1. The van der Waals surface area contributed by atoms with Gasteiger partial charge in [0, 0.05) is 18.5 Å². The van der Waals surface area contributed by atoms with Crippen molar-refractivity contribution in [2.24, 2.45) is 0 Å². The average Bonchev–Trinajstić information content (AvgIpc) is 3.13. The Labute approximate surface area is 144 Å². The zero-order valence-electron chi connectivity index (χ0n) is 14.2. The van der Waals surface area contributed by atoms with Crippen molar-refractivity contribution in [1.29, 1.82) is 0 Å². The Balaban J connectivity index is 1.44. The lowest BCUT2D eigenvalue weighted by Crippen LogP contribution is -2.43. The summed E-state index contributed by atoms with van der Waals surface area (Å²) in [4.78, 5) is 31.3. The first-order valence-corrected chi connectivity index (χ1v) is 8.03. The summed E-state index contributed by atoms with van der Waals surface area (Å²) in [5.74, 6) is 0.135. The van der Waals surface area contributed by atoms with Crippen molar-refractivity contribution in [3.63, 3.8) is 0 Å². The van der Waals surface area contributed by atoms with Crippen LogP contribution >= 0.6 is 0 Å². The van der Waals surface area contributed by atoms with Gasteiger partial charge in [-0.25, -0.2) is 4.98 Å². The van der Waals surface area contributed by atoms with Gasteiger partial charge in [-0.2, -0.15) is 5.10 Å². The lowest BCUT2D eigenvalue weighted by atomic mass is 10.3. The highest BCUT2D eigenvalue weighted by Gasteiger charge is 2.09. The highest BCUT2D eigenvalue weighted by Crippen LogP contribution is 2.11. The van der Waals surface area contributed by atoms with Crippen LogP contribution in [0.2, 0.25) is 0 Å². The molecule has 2 amide bonds. The summed E-state index contributed by atoms with van der Waals surface area (Å²) in [6.45, 7) is 3.80. The van der Waals surface area contributed by atoms with Crippen LogP contribution < -0.4 is 10.9 Å². The third-order valence-electron chi connectivity index (χ3n) is 3.77. The van der Waals surface area contributed by atoms with Crippen LogP contribution in [0.4, 0.5) is 0 Å². The first kappa shape index (κ1) is 16.7.